The molecule has 0 saturated heterocycles. The third kappa shape index (κ3) is 3.12. The fourth-order valence-electron chi connectivity index (χ4n) is 2.04. The molecule has 0 saturated carbocycles. The summed E-state index contributed by atoms with van der Waals surface area (Å²) in [5.74, 6) is 0.0518. The van der Waals surface area contributed by atoms with Crippen LogP contribution in [0.15, 0.2) is 30.3 Å². The number of aliphatic hydroxyl groups excluding tert-OH is 1. The second-order valence-corrected chi connectivity index (χ2v) is 5.05. The Bertz CT molecular complexity index is 658. The second-order valence-electron chi connectivity index (χ2n) is 4.64. The lowest BCUT2D eigenvalue weighted by atomic mass is 9.99. The van der Waals surface area contributed by atoms with Gasteiger partial charge >= 0.3 is 0 Å². The molecule has 0 spiro atoms. The minimum absolute atomic E-state index is 0.104. The van der Waals surface area contributed by atoms with E-state index in [2.05, 4.69) is 0 Å². The molecule has 2 rings (SSSR count). The number of benzene rings is 2. The van der Waals surface area contributed by atoms with Crippen molar-refractivity contribution in [3.05, 3.63) is 57.9 Å². The van der Waals surface area contributed by atoms with Gasteiger partial charge in [0.15, 0.2) is 11.5 Å². The van der Waals surface area contributed by atoms with E-state index >= 15 is 0 Å². The van der Waals surface area contributed by atoms with E-state index in [0.29, 0.717) is 16.3 Å². The molecular formula is C16H16ClFO3. The van der Waals surface area contributed by atoms with Crippen LogP contribution in [0.4, 0.5) is 4.39 Å². The summed E-state index contributed by atoms with van der Waals surface area (Å²) in [5, 5.41) is 10.9. The van der Waals surface area contributed by atoms with Crippen LogP contribution in [-0.2, 0) is 0 Å². The highest BCUT2D eigenvalue weighted by molar-refractivity contribution is 6.31. The number of halogens is 2. The zero-order valence-electron chi connectivity index (χ0n) is 12.0. The van der Waals surface area contributed by atoms with Gasteiger partial charge in [-0.2, -0.15) is 0 Å². The molecule has 0 radical (unpaired) electrons. The number of rotatable bonds is 4. The van der Waals surface area contributed by atoms with Crippen LogP contribution in [0.2, 0.25) is 5.02 Å². The monoisotopic (exact) mass is 310 g/mol. The summed E-state index contributed by atoms with van der Waals surface area (Å²) in [7, 11) is 2.88. The molecule has 2 aromatic carbocycles. The van der Waals surface area contributed by atoms with Crippen molar-refractivity contribution in [2.45, 2.75) is 13.0 Å². The summed E-state index contributed by atoms with van der Waals surface area (Å²) in [6, 6.07) is 7.72. The molecule has 1 atom stereocenters. The highest BCUT2D eigenvalue weighted by Gasteiger charge is 2.19. The first-order valence-corrected chi connectivity index (χ1v) is 6.71. The highest BCUT2D eigenvalue weighted by atomic mass is 35.5. The van der Waals surface area contributed by atoms with E-state index in [1.165, 1.54) is 26.4 Å². The number of methoxy groups -OCH3 is 2. The van der Waals surface area contributed by atoms with E-state index in [1.807, 2.05) is 6.92 Å². The largest absolute Gasteiger partial charge is 0.493 e. The van der Waals surface area contributed by atoms with Crippen LogP contribution < -0.4 is 9.47 Å². The topological polar surface area (TPSA) is 38.7 Å². The van der Waals surface area contributed by atoms with Crippen molar-refractivity contribution >= 4 is 11.6 Å². The SMILES string of the molecule is COc1cc(F)c(C(O)c2ccc(C)c(Cl)c2)cc1OC. The lowest BCUT2D eigenvalue weighted by Crippen LogP contribution is -2.04. The van der Waals surface area contributed by atoms with Crippen molar-refractivity contribution in [1.29, 1.82) is 0 Å². The molecule has 3 nitrogen and oxygen atoms in total. The Kier molecular flexibility index (Phi) is 4.70. The number of hydrogen-bond acceptors (Lipinski definition) is 3. The first-order chi connectivity index (χ1) is 9.97. The van der Waals surface area contributed by atoms with Crippen LogP contribution >= 0.6 is 11.6 Å². The third-order valence-electron chi connectivity index (χ3n) is 3.31. The number of aryl methyl sites for hydroxylation is 1. The zero-order valence-corrected chi connectivity index (χ0v) is 12.7. The van der Waals surface area contributed by atoms with Gasteiger partial charge in [-0.15, -0.1) is 0 Å². The van der Waals surface area contributed by atoms with Gasteiger partial charge in [-0.25, -0.2) is 4.39 Å². The Hall–Kier alpha value is -1.78. The van der Waals surface area contributed by atoms with E-state index in [1.54, 1.807) is 18.2 Å². The smallest absolute Gasteiger partial charge is 0.163 e. The van der Waals surface area contributed by atoms with E-state index in [9.17, 15) is 9.50 Å². The minimum atomic E-state index is -1.14. The van der Waals surface area contributed by atoms with E-state index in [4.69, 9.17) is 21.1 Å². The van der Waals surface area contributed by atoms with Gasteiger partial charge in [-0.05, 0) is 30.2 Å². The van der Waals surface area contributed by atoms with Crippen LogP contribution in [0.25, 0.3) is 0 Å². The summed E-state index contributed by atoms with van der Waals surface area (Å²) >= 11 is 6.04. The third-order valence-corrected chi connectivity index (χ3v) is 3.72. The number of aliphatic hydroxyl groups is 1. The van der Waals surface area contributed by atoms with Crippen molar-refractivity contribution in [2.75, 3.05) is 14.2 Å². The van der Waals surface area contributed by atoms with Gasteiger partial charge in [0, 0.05) is 16.7 Å². The summed E-state index contributed by atoms with van der Waals surface area (Å²) in [4.78, 5) is 0. The molecule has 0 aromatic heterocycles. The molecule has 0 aliphatic rings. The maximum absolute atomic E-state index is 14.1. The predicted octanol–water partition coefficient (Wildman–Crippen LogP) is 3.89. The van der Waals surface area contributed by atoms with Gasteiger partial charge in [0.2, 0.25) is 0 Å². The summed E-state index contributed by atoms with van der Waals surface area (Å²) in [6.07, 6.45) is -1.14. The van der Waals surface area contributed by atoms with Crippen LogP contribution in [0.3, 0.4) is 0 Å². The van der Waals surface area contributed by atoms with Gasteiger partial charge in [0.1, 0.15) is 11.9 Å². The summed E-state index contributed by atoms with van der Waals surface area (Å²) < 4.78 is 24.3. The van der Waals surface area contributed by atoms with Gasteiger partial charge in [0.05, 0.1) is 14.2 Å². The fourth-order valence-corrected chi connectivity index (χ4v) is 2.23. The first-order valence-electron chi connectivity index (χ1n) is 6.33. The van der Waals surface area contributed by atoms with Crippen LogP contribution in [0.5, 0.6) is 11.5 Å². The molecule has 0 heterocycles. The molecule has 0 aliphatic carbocycles. The van der Waals surface area contributed by atoms with Gasteiger partial charge in [-0.1, -0.05) is 23.7 Å². The number of hydrogen-bond donors (Lipinski definition) is 1. The summed E-state index contributed by atoms with van der Waals surface area (Å²) in [5.41, 5.74) is 1.50. The standard InChI is InChI=1S/C16H16ClFO3/c1-9-4-5-10(6-12(9)17)16(19)11-7-14(20-2)15(21-3)8-13(11)18/h4-8,16,19H,1-3H3. The Balaban J connectivity index is 2.47. The molecule has 0 aliphatic heterocycles. The summed E-state index contributed by atoms with van der Waals surface area (Å²) in [6.45, 7) is 1.86. The van der Waals surface area contributed by atoms with Gasteiger partial charge in [0.25, 0.3) is 0 Å². The Labute approximate surface area is 127 Å². The van der Waals surface area contributed by atoms with Crippen LogP contribution in [0.1, 0.15) is 22.8 Å². The molecule has 1 unspecified atom stereocenters. The van der Waals surface area contributed by atoms with E-state index in [0.717, 1.165) is 5.56 Å². The lowest BCUT2D eigenvalue weighted by molar-refractivity contribution is 0.214. The molecule has 0 amide bonds. The number of ether oxygens (including phenoxy) is 2. The maximum atomic E-state index is 14.1. The Morgan fingerprint density at radius 2 is 1.71 bits per heavy atom. The van der Waals surface area contributed by atoms with Crippen molar-refractivity contribution in [3.63, 3.8) is 0 Å². The molecule has 21 heavy (non-hydrogen) atoms. The molecular weight excluding hydrogens is 295 g/mol. The molecule has 5 heteroatoms. The minimum Gasteiger partial charge on any atom is -0.493 e. The Morgan fingerprint density at radius 3 is 2.29 bits per heavy atom. The molecule has 1 N–H and O–H groups in total. The van der Waals surface area contributed by atoms with Crippen LogP contribution in [0, 0.1) is 12.7 Å². The molecule has 112 valence electrons. The average molecular weight is 311 g/mol. The first kappa shape index (κ1) is 15.6. The lowest BCUT2D eigenvalue weighted by Gasteiger charge is -2.16. The molecule has 0 bridgehead atoms. The molecule has 0 fully saturated rings. The fraction of sp³-hybridized carbons (Fsp3) is 0.250. The Morgan fingerprint density at radius 1 is 1.10 bits per heavy atom. The van der Waals surface area contributed by atoms with Gasteiger partial charge in [-0.3, -0.25) is 0 Å². The van der Waals surface area contributed by atoms with E-state index < -0.39 is 11.9 Å². The predicted molar refractivity (Wildman–Crippen MR) is 79.8 cm³/mol. The van der Waals surface area contributed by atoms with Gasteiger partial charge < -0.3 is 14.6 Å². The van der Waals surface area contributed by atoms with Crippen molar-refractivity contribution < 1.29 is 19.0 Å². The van der Waals surface area contributed by atoms with E-state index in [-0.39, 0.29) is 11.3 Å². The maximum Gasteiger partial charge on any atom is 0.163 e. The average Bonchev–Trinajstić information content (AvgIpc) is 2.49. The molecule has 2 aromatic rings. The van der Waals surface area contributed by atoms with Crippen molar-refractivity contribution in [2.24, 2.45) is 0 Å². The van der Waals surface area contributed by atoms with Crippen LogP contribution in [-0.4, -0.2) is 19.3 Å². The zero-order chi connectivity index (χ0) is 15.6. The second kappa shape index (κ2) is 6.33. The normalized spacial score (nSPS) is 12.1. The van der Waals surface area contributed by atoms with Crippen molar-refractivity contribution in [1.82, 2.24) is 0 Å². The highest BCUT2D eigenvalue weighted by Crippen LogP contribution is 2.35. The quantitative estimate of drug-likeness (QED) is 0.931. The van der Waals surface area contributed by atoms with Crippen molar-refractivity contribution in [3.8, 4) is 11.5 Å².